The molecule has 1 aromatic carbocycles. The van der Waals surface area contributed by atoms with Gasteiger partial charge in [-0.15, -0.1) is 0 Å². The Labute approximate surface area is 104 Å². The van der Waals surface area contributed by atoms with Gasteiger partial charge in [0.25, 0.3) is 0 Å². The van der Waals surface area contributed by atoms with Crippen LogP contribution in [0.4, 0.5) is 0 Å². The van der Waals surface area contributed by atoms with E-state index in [0.29, 0.717) is 12.4 Å². The van der Waals surface area contributed by atoms with Gasteiger partial charge in [-0.1, -0.05) is 28.1 Å². The summed E-state index contributed by atoms with van der Waals surface area (Å²) in [5, 5.41) is 0. The van der Waals surface area contributed by atoms with Crippen molar-refractivity contribution in [2.24, 2.45) is 10.7 Å². The van der Waals surface area contributed by atoms with Crippen LogP contribution in [0.3, 0.4) is 0 Å². The molecule has 2 N–H and O–H groups in total. The standard InChI is InChI=1S/C12H15BrN2O/c1-8-11(14)15-12(2,7-16-8)9-4-3-5-10(13)6-9/h3-6,8H,7H2,1-2H3,(H2,14,15)/t8-,12+/m1/s1. The normalized spacial score (nSPS) is 29.9. The molecule has 0 amide bonds. The van der Waals surface area contributed by atoms with Crippen LogP contribution < -0.4 is 5.73 Å². The number of halogens is 1. The summed E-state index contributed by atoms with van der Waals surface area (Å²) in [5.74, 6) is 0.564. The summed E-state index contributed by atoms with van der Waals surface area (Å²) >= 11 is 3.46. The van der Waals surface area contributed by atoms with Crippen molar-refractivity contribution < 1.29 is 4.74 Å². The lowest BCUT2D eigenvalue weighted by molar-refractivity contribution is 0.0548. The van der Waals surface area contributed by atoms with Gasteiger partial charge in [-0.3, -0.25) is 4.99 Å². The van der Waals surface area contributed by atoms with Gasteiger partial charge in [-0.2, -0.15) is 0 Å². The zero-order valence-electron chi connectivity index (χ0n) is 9.40. The van der Waals surface area contributed by atoms with E-state index in [-0.39, 0.29) is 11.6 Å². The van der Waals surface area contributed by atoms with Gasteiger partial charge in [-0.05, 0) is 31.5 Å². The third-order valence-corrected chi connectivity index (χ3v) is 3.35. The minimum Gasteiger partial charge on any atom is -0.385 e. The molecule has 0 aromatic heterocycles. The van der Waals surface area contributed by atoms with Crippen molar-refractivity contribution in [1.82, 2.24) is 0 Å². The monoisotopic (exact) mass is 282 g/mol. The Kier molecular flexibility index (Phi) is 3.04. The quantitative estimate of drug-likeness (QED) is 0.860. The fourth-order valence-corrected chi connectivity index (χ4v) is 2.15. The lowest BCUT2D eigenvalue weighted by atomic mass is 9.92. The number of hydrogen-bond acceptors (Lipinski definition) is 3. The molecular weight excluding hydrogens is 268 g/mol. The Balaban J connectivity index is 2.40. The third kappa shape index (κ3) is 2.13. The number of ether oxygens (including phenoxy) is 1. The van der Waals surface area contributed by atoms with Gasteiger partial charge < -0.3 is 10.5 Å². The van der Waals surface area contributed by atoms with Gasteiger partial charge in [0.2, 0.25) is 0 Å². The topological polar surface area (TPSA) is 47.6 Å². The SMILES string of the molecule is C[C@H]1OC[C@@](C)(c2cccc(Br)c2)N=C1N. The first-order valence-electron chi connectivity index (χ1n) is 5.24. The average Bonchev–Trinajstić information content (AvgIpc) is 2.24. The Morgan fingerprint density at radius 3 is 2.94 bits per heavy atom. The summed E-state index contributed by atoms with van der Waals surface area (Å²) in [6.07, 6.45) is -0.0831. The highest BCUT2D eigenvalue weighted by Crippen LogP contribution is 2.30. The second kappa shape index (κ2) is 4.18. The Morgan fingerprint density at radius 1 is 1.56 bits per heavy atom. The van der Waals surface area contributed by atoms with Crippen molar-refractivity contribution in [3.8, 4) is 0 Å². The van der Waals surface area contributed by atoms with Crippen LogP contribution >= 0.6 is 15.9 Å². The maximum atomic E-state index is 5.84. The van der Waals surface area contributed by atoms with Gasteiger partial charge >= 0.3 is 0 Å². The number of rotatable bonds is 1. The molecule has 0 spiro atoms. The second-order valence-electron chi connectivity index (χ2n) is 4.27. The highest BCUT2D eigenvalue weighted by atomic mass is 79.9. The molecule has 0 saturated carbocycles. The minimum absolute atomic E-state index is 0.0831. The fourth-order valence-electron chi connectivity index (χ4n) is 1.75. The molecule has 1 aromatic rings. The summed E-state index contributed by atoms with van der Waals surface area (Å²) in [6, 6.07) is 8.08. The lowest BCUT2D eigenvalue weighted by Gasteiger charge is -2.33. The Bertz CT molecular complexity index is 433. The van der Waals surface area contributed by atoms with E-state index in [2.05, 4.69) is 27.0 Å². The molecule has 1 aliphatic heterocycles. The zero-order valence-corrected chi connectivity index (χ0v) is 11.0. The first kappa shape index (κ1) is 11.6. The maximum Gasteiger partial charge on any atom is 0.124 e. The number of nitrogens with zero attached hydrogens (tertiary/aromatic N) is 1. The molecule has 1 aliphatic rings. The first-order valence-corrected chi connectivity index (χ1v) is 6.03. The van der Waals surface area contributed by atoms with Crippen LogP contribution in [0.25, 0.3) is 0 Å². The smallest absolute Gasteiger partial charge is 0.124 e. The molecule has 0 saturated heterocycles. The molecule has 0 fully saturated rings. The predicted molar refractivity (Wildman–Crippen MR) is 68.5 cm³/mol. The summed E-state index contributed by atoms with van der Waals surface area (Å²) in [6.45, 7) is 4.51. The number of amidine groups is 1. The summed E-state index contributed by atoms with van der Waals surface area (Å²) in [7, 11) is 0. The number of benzene rings is 1. The van der Waals surface area contributed by atoms with Crippen molar-refractivity contribution in [1.29, 1.82) is 0 Å². The van der Waals surface area contributed by atoms with Crippen LogP contribution in [0.15, 0.2) is 33.7 Å². The van der Waals surface area contributed by atoms with E-state index < -0.39 is 0 Å². The lowest BCUT2D eigenvalue weighted by Crippen LogP contribution is -2.42. The second-order valence-corrected chi connectivity index (χ2v) is 5.19. The van der Waals surface area contributed by atoms with Crippen molar-refractivity contribution in [3.05, 3.63) is 34.3 Å². The van der Waals surface area contributed by atoms with Crippen molar-refractivity contribution in [2.75, 3.05) is 6.61 Å². The molecular formula is C12H15BrN2O. The first-order chi connectivity index (χ1) is 7.51. The molecule has 1 heterocycles. The van der Waals surface area contributed by atoms with Crippen LogP contribution in [0.1, 0.15) is 19.4 Å². The van der Waals surface area contributed by atoms with Gasteiger partial charge in [0.15, 0.2) is 0 Å². The van der Waals surface area contributed by atoms with Crippen LogP contribution in [0.2, 0.25) is 0 Å². The van der Waals surface area contributed by atoms with Gasteiger partial charge in [-0.25, -0.2) is 0 Å². The number of aliphatic imine (C=N–C) groups is 1. The van der Waals surface area contributed by atoms with E-state index >= 15 is 0 Å². The van der Waals surface area contributed by atoms with Crippen LogP contribution in [0, 0.1) is 0 Å². The Hall–Kier alpha value is -0.870. The molecule has 0 bridgehead atoms. The molecule has 16 heavy (non-hydrogen) atoms. The fraction of sp³-hybridized carbons (Fsp3) is 0.417. The highest BCUT2D eigenvalue weighted by Gasteiger charge is 2.32. The zero-order chi connectivity index (χ0) is 11.8. The molecule has 3 nitrogen and oxygen atoms in total. The minimum atomic E-state index is -0.375. The molecule has 86 valence electrons. The summed E-state index contributed by atoms with van der Waals surface area (Å²) < 4.78 is 6.67. The molecule has 2 atom stereocenters. The van der Waals surface area contributed by atoms with E-state index in [1.807, 2.05) is 32.0 Å². The molecule has 4 heteroatoms. The maximum absolute atomic E-state index is 5.84. The van der Waals surface area contributed by atoms with Crippen molar-refractivity contribution >= 4 is 21.8 Å². The van der Waals surface area contributed by atoms with Gasteiger partial charge in [0.05, 0.1) is 6.61 Å². The van der Waals surface area contributed by atoms with E-state index in [1.54, 1.807) is 0 Å². The predicted octanol–water partition coefficient (Wildman–Crippen LogP) is 2.44. The average molecular weight is 283 g/mol. The van der Waals surface area contributed by atoms with E-state index in [4.69, 9.17) is 10.5 Å². The van der Waals surface area contributed by atoms with Gasteiger partial charge in [0.1, 0.15) is 17.5 Å². The number of nitrogens with two attached hydrogens (primary N) is 1. The van der Waals surface area contributed by atoms with E-state index in [1.165, 1.54) is 0 Å². The molecule has 0 unspecified atom stereocenters. The third-order valence-electron chi connectivity index (χ3n) is 2.85. The van der Waals surface area contributed by atoms with Crippen LogP contribution in [0.5, 0.6) is 0 Å². The van der Waals surface area contributed by atoms with E-state index in [0.717, 1.165) is 10.0 Å². The van der Waals surface area contributed by atoms with Crippen molar-refractivity contribution in [2.45, 2.75) is 25.5 Å². The summed E-state index contributed by atoms with van der Waals surface area (Å²) in [4.78, 5) is 4.56. The van der Waals surface area contributed by atoms with Crippen molar-refractivity contribution in [3.63, 3.8) is 0 Å². The van der Waals surface area contributed by atoms with E-state index in [9.17, 15) is 0 Å². The van der Waals surface area contributed by atoms with Gasteiger partial charge in [0, 0.05) is 4.47 Å². The highest BCUT2D eigenvalue weighted by molar-refractivity contribution is 9.10. The number of hydrogen-bond donors (Lipinski definition) is 1. The van der Waals surface area contributed by atoms with Crippen LogP contribution in [-0.2, 0) is 10.3 Å². The molecule has 2 rings (SSSR count). The molecule has 0 radical (unpaired) electrons. The molecule has 0 aliphatic carbocycles. The van der Waals surface area contributed by atoms with Crippen LogP contribution in [-0.4, -0.2) is 18.5 Å². The summed E-state index contributed by atoms with van der Waals surface area (Å²) in [5.41, 5.74) is 6.58. The largest absolute Gasteiger partial charge is 0.385 e. The Morgan fingerprint density at radius 2 is 2.31 bits per heavy atom.